The van der Waals surface area contributed by atoms with E-state index in [1.807, 2.05) is 12.1 Å². The van der Waals surface area contributed by atoms with Gasteiger partial charge in [-0.1, -0.05) is 60.7 Å². The standard InChI is InChI=1S/C29H32N4O/c34-29(15-17-33-16-14-24-8-6-7-13-28(24)33)30-22-25-9-4-5-10-26(25)23-31-18-20-32(21-19-31)27-11-2-1-3-12-27/h1-14,16H,15,17-23H2,(H,30,34). The van der Waals surface area contributed by atoms with Crippen LogP contribution < -0.4 is 10.2 Å². The maximum absolute atomic E-state index is 12.6. The largest absolute Gasteiger partial charge is 0.369 e. The lowest BCUT2D eigenvalue weighted by Crippen LogP contribution is -2.46. The van der Waals surface area contributed by atoms with Crippen molar-refractivity contribution in [2.75, 3.05) is 31.1 Å². The Morgan fingerprint density at radius 2 is 1.47 bits per heavy atom. The van der Waals surface area contributed by atoms with Gasteiger partial charge in [0.1, 0.15) is 0 Å². The molecule has 2 heterocycles. The fourth-order valence-corrected chi connectivity index (χ4v) is 4.77. The van der Waals surface area contributed by atoms with Crippen LogP contribution in [-0.2, 0) is 24.4 Å². The van der Waals surface area contributed by atoms with Crippen LogP contribution >= 0.6 is 0 Å². The number of hydrogen-bond donors (Lipinski definition) is 1. The molecule has 1 fully saturated rings. The van der Waals surface area contributed by atoms with Crippen molar-refractivity contribution in [1.29, 1.82) is 0 Å². The summed E-state index contributed by atoms with van der Waals surface area (Å²) < 4.78 is 2.15. The molecule has 1 amide bonds. The van der Waals surface area contributed by atoms with Gasteiger partial charge in [-0.3, -0.25) is 9.69 Å². The molecule has 3 aromatic carbocycles. The lowest BCUT2D eigenvalue weighted by atomic mass is 10.1. The molecule has 0 atom stereocenters. The first kappa shape index (κ1) is 22.2. The average Bonchev–Trinajstić information content (AvgIpc) is 3.31. The summed E-state index contributed by atoms with van der Waals surface area (Å²) in [5.74, 6) is 0.0871. The highest BCUT2D eigenvalue weighted by atomic mass is 16.1. The van der Waals surface area contributed by atoms with Crippen LogP contribution in [0.2, 0.25) is 0 Å². The summed E-state index contributed by atoms with van der Waals surface area (Å²) in [7, 11) is 0. The number of hydrogen-bond acceptors (Lipinski definition) is 3. The number of rotatable bonds is 8. The highest BCUT2D eigenvalue weighted by Crippen LogP contribution is 2.19. The van der Waals surface area contributed by atoms with Crippen LogP contribution in [0.1, 0.15) is 17.5 Å². The van der Waals surface area contributed by atoms with E-state index in [-0.39, 0.29) is 5.91 Å². The monoisotopic (exact) mass is 452 g/mol. The van der Waals surface area contributed by atoms with Gasteiger partial charge in [-0.25, -0.2) is 0 Å². The number of amides is 1. The van der Waals surface area contributed by atoms with Crippen molar-refractivity contribution in [2.45, 2.75) is 26.1 Å². The quantitative estimate of drug-likeness (QED) is 0.422. The summed E-state index contributed by atoms with van der Waals surface area (Å²) >= 11 is 0. The third kappa shape index (κ3) is 5.32. The van der Waals surface area contributed by atoms with E-state index in [2.05, 4.69) is 98.7 Å². The number of nitrogens with one attached hydrogen (secondary N) is 1. The van der Waals surface area contributed by atoms with Crippen LogP contribution in [0.25, 0.3) is 10.9 Å². The Balaban J connectivity index is 1.12. The smallest absolute Gasteiger partial charge is 0.222 e. The summed E-state index contributed by atoms with van der Waals surface area (Å²) in [5.41, 5.74) is 4.98. The average molecular weight is 453 g/mol. The number of benzene rings is 3. The normalized spacial score (nSPS) is 14.4. The molecule has 0 saturated carbocycles. The third-order valence-electron chi connectivity index (χ3n) is 6.74. The summed E-state index contributed by atoms with van der Waals surface area (Å²) in [6.45, 7) is 6.34. The van der Waals surface area contributed by atoms with Gasteiger partial charge in [0.15, 0.2) is 0 Å². The molecule has 0 aliphatic carbocycles. The number of aromatic nitrogens is 1. The molecule has 5 nitrogen and oxygen atoms in total. The van der Waals surface area contributed by atoms with E-state index in [4.69, 9.17) is 0 Å². The van der Waals surface area contributed by atoms with E-state index in [1.54, 1.807) is 0 Å². The molecule has 0 spiro atoms. The van der Waals surface area contributed by atoms with Crippen LogP contribution in [-0.4, -0.2) is 41.6 Å². The predicted molar refractivity (Wildman–Crippen MR) is 139 cm³/mol. The number of carbonyl (C=O) groups excluding carboxylic acids is 1. The third-order valence-corrected chi connectivity index (χ3v) is 6.74. The summed E-state index contributed by atoms with van der Waals surface area (Å²) in [5, 5.41) is 4.35. The van der Waals surface area contributed by atoms with Crippen molar-refractivity contribution in [3.63, 3.8) is 0 Å². The van der Waals surface area contributed by atoms with Gasteiger partial charge in [-0.2, -0.15) is 0 Å². The SMILES string of the molecule is O=C(CCn1ccc2ccccc21)NCc1ccccc1CN1CCN(c2ccccc2)CC1. The maximum Gasteiger partial charge on any atom is 0.222 e. The Morgan fingerprint density at radius 1 is 0.765 bits per heavy atom. The Morgan fingerprint density at radius 3 is 2.29 bits per heavy atom. The van der Waals surface area contributed by atoms with Gasteiger partial charge in [-0.05, 0) is 40.8 Å². The second-order valence-electron chi connectivity index (χ2n) is 8.96. The van der Waals surface area contributed by atoms with Crippen molar-refractivity contribution in [1.82, 2.24) is 14.8 Å². The molecule has 1 aromatic heterocycles. The summed E-state index contributed by atoms with van der Waals surface area (Å²) in [6, 6.07) is 29.5. The molecule has 1 aliphatic rings. The molecule has 0 unspecified atom stereocenters. The second kappa shape index (κ2) is 10.6. The van der Waals surface area contributed by atoms with Crippen LogP contribution in [0.15, 0.2) is 91.1 Å². The molecule has 4 aromatic rings. The van der Waals surface area contributed by atoms with Gasteiger partial charge < -0.3 is 14.8 Å². The Labute approximate surface area is 201 Å². The Bertz CT molecular complexity index is 1230. The molecule has 5 rings (SSSR count). The molecule has 34 heavy (non-hydrogen) atoms. The minimum Gasteiger partial charge on any atom is -0.369 e. The zero-order chi connectivity index (χ0) is 23.2. The number of aryl methyl sites for hydroxylation is 1. The Kier molecular flexibility index (Phi) is 6.91. The van der Waals surface area contributed by atoms with E-state index in [0.29, 0.717) is 19.5 Å². The van der Waals surface area contributed by atoms with Crippen molar-refractivity contribution >= 4 is 22.5 Å². The Hall–Kier alpha value is -3.57. The highest BCUT2D eigenvalue weighted by Gasteiger charge is 2.18. The molecule has 0 bridgehead atoms. The van der Waals surface area contributed by atoms with Crippen molar-refractivity contribution in [3.05, 3.63) is 102 Å². The van der Waals surface area contributed by atoms with E-state index in [1.165, 1.54) is 27.7 Å². The van der Waals surface area contributed by atoms with E-state index >= 15 is 0 Å². The maximum atomic E-state index is 12.6. The number of carbonyl (C=O) groups is 1. The number of nitrogens with zero attached hydrogens (tertiary/aromatic N) is 3. The van der Waals surface area contributed by atoms with Crippen LogP contribution in [0.4, 0.5) is 5.69 Å². The number of para-hydroxylation sites is 2. The topological polar surface area (TPSA) is 40.5 Å². The van der Waals surface area contributed by atoms with Crippen molar-refractivity contribution < 1.29 is 4.79 Å². The first-order valence-electron chi connectivity index (χ1n) is 12.2. The number of anilines is 1. The van der Waals surface area contributed by atoms with Crippen LogP contribution in [0, 0.1) is 0 Å². The van der Waals surface area contributed by atoms with E-state index in [0.717, 1.165) is 32.7 Å². The minimum absolute atomic E-state index is 0.0871. The molecule has 1 N–H and O–H groups in total. The zero-order valence-electron chi connectivity index (χ0n) is 19.6. The molecular formula is C29H32N4O. The molecular weight excluding hydrogens is 420 g/mol. The lowest BCUT2D eigenvalue weighted by Gasteiger charge is -2.36. The zero-order valence-corrected chi connectivity index (χ0v) is 19.6. The van der Waals surface area contributed by atoms with E-state index in [9.17, 15) is 4.79 Å². The van der Waals surface area contributed by atoms with Gasteiger partial charge in [0.05, 0.1) is 0 Å². The molecule has 0 radical (unpaired) electrons. The van der Waals surface area contributed by atoms with Crippen LogP contribution in [0.3, 0.4) is 0 Å². The number of piperazine rings is 1. The molecule has 1 saturated heterocycles. The second-order valence-corrected chi connectivity index (χ2v) is 8.96. The van der Waals surface area contributed by atoms with Gasteiger partial charge in [0.2, 0.25) is 5.91 Å². The first-order chi connectivity index (χ1) is 16.8. The number of fused-ring (bicyclic) bond motifs is 1. The highest BCUT2D eigenvalue weighted by molar-refractivity contribution is 5.80. The fraction of sp³-hybridized carbons (Fsp3) is 0.276. The van der Waals surface area contributed by atoms with Crippen molar-refractivity contribution in [2.24, 2.45) is 0 Å². The van der Waals surface area contributed by atoms with Crippen molar-refractivity contribution in [3.8, 4) is 0 Å². The van der Waals surface area contributed by atoms with E-state index < -0.39 is 0 Å². The first-order valence-corrected chi connectivity index (χ1v) is 12.2. The fourth-order valence-electron chi connectivity index (χ4n) is 4.77. The van der Waals surface area contributed by atoms with Gasteiger partial charge in [0, 0.05) is 69.6 Å². The van der Waals surface area contributed by atoms with Gasteiger partial charge in [0.25, 0.3) is 0 Å². The lowest BCUT2D eigenvalue weighted by molar-refractivity contribution is -0.121. The van der Waals surface area contributed by atoms with Crippen LogP contribution in [0.5, 0.6) is 0 Å². The van der Waals surface area contributed by atoms with Gasteiger partial charge >= 0.3 is 0 Å². The predicted octanol–water partition coefficient (Wildman–Crippen LogP) is 4.67. The molecule has 174 valence electrons. The summed E-state index contributed by atoms with van der Waals surface area (Å²) in [6.07, 6.45) is 2.53. The molecule has 5 heteroatoms. The van der Waals surface area contributed by atoms with Gasteiger partial charge in [-0.15, -0.1) is 0 Å². The summed E-state index contributed by atoms with van der Waals surface area (Å²) in [4.78, 5) is 17.5. The minimum atomic E-state index is 0.0871. The molecule has 1 aliphatic heterocycles.